The van der Waals surface area contributed by atoms with Gasteiger partial charge in [0.1, 0.15) is 17.9 Å². The normalized spacial score (nSPS) is 14.5. The molecule has 1 aliphatic carbocycles. The highest BCUT2D eigenvalue weighted by molar-refractivity contribution is 5.94. The Balaban J connectivity index is 2.03. The number of alkyl halides is 3. The Morgan fingerprint density at radius 1 is 1.31 bits per heavy atom. The van der Waals surface area contributed by atoms with Gasteiger partial charge in [0.25, 0.3) is 0 Å². The molecule has 0 unspecified atom stereocenters. The van der Waals surface area contributed by atoms with Gasteiger partial charge in [-0.05, 0) is 25.0 Å². The molecular formula is C17H16F3NO5. The summed E-state index contributed by atoms with van der Waals surface area (Å²) in [5, 5.41) is 8.93. The number of halogens is 3. The lowest BCUT2D eigenvalue weighted by Crippen LogP contribution is -2.22. The predicted octanol–water partition coefficient (Wildman–Crippen LogP) is 2.43. The highest BCUT2D eigenvalue weighted by atomic mass is 19.4. The van der Waals surface area contributed by atoms with Crippen molar-refractivity contribution in [1.29, 1.82) is 0 Å². The average molecular weight is 371 g/mol. The van der Waals surface area contributed by atoms with E-state index in [0.717, 1.165) is 12.8 Å². The molecule has 0 aliphatic heterocycles. The number of nitrogens with zero attached hydrogens (tertiary/aromatic N) is 1. The van der Waals surface area contributed by atoms with Crippen molar-refractivity contribution in [1.82, 2.24) is 4.57 Å². The Bertz CT molecular complexity index is 886. The first-order valence-corrected chi connectivity index (χ1v) is 7.96. The van der Waals surface area contributed by atoms with Crippen LogP contribution in [0.1, 0.15) is 29.2 Å². The van der Waals surface area contributed by atoms with Gasteiger partial charge in [-0.15, -0.1) is 0 Å². The van der Waals surface area contributed by atoms with E-state index in [1.807, 2.05) is 0 Å². The summed E-state index contributed by atoms with van der Waals surface area (Å²) >= 11 is 0. The van der Waals surface area contributed by atoms with E-state index >= 15 is 0 Å². The van der Waals surface area contributed by atoms with E-state index in [-0.39, 0.29) is 36.0 Å². The van der Waals surface area contributed by atoms with Crippen LogP contribution in [-0.2, 0) is 4.74 Å². The van der Waals surface area contributed by atoms with Crippen molar-refractivity contribution in [3.8, 4) is 5.75 Å². The first kappa shape index (κ1) is 18.2. The third-order valence-electron chi connectivity index (χ3n) is 3.89. The van der Waals surface area contributed by atoms with Crippen molar-refractivity contribution in [2.75, 3.05) is 19.8 Å². The number of fused-ring (bicyclic) bond motifs is 1. The number of ether oxygens (including phenoxy) is 2. The molecule has 0 atom stereocenters. The molecule has 26 heavy (non-hydrogen) atoms. The molecule has 0 spiro atoms. The van der Waals surface area contributed by atoms with Crippen molar-refractivity contribution in [3.05, 3.63) is 40.2 Å². The molecule has 0 radical (unpaired) electrons. The number of aliphatic hydroxyl groups excluding tert-OH is 1. The molecule has 1 aliphatic rings. The maximum atomic E-state index is 12.6. The number of esters is 1. The van der Waals surface area contributed by atoms with E-state index in [2.05, 4.69) is 0 Å². The van der Waals surface area contributed by atoms with Crippen LogP contribution in [0.4, 0.5) is 13.2 Å². The summed E-state index contributed by atoms with van der Waals surface area (Å²) in [4.78, 5) is 24.6. The molecule has 1 aromatic heterocycles. The standard InChI is InChI=1S/C17H16F3NO5/c18-17(19,20)9-26-11-3-4-12-14(7-11)21(10-1-2-10)8-13(15(12)23)16(24)25-6-5-22/h3-4,7-8,10,22H,1-2,5-6,9H2. The molecule has 140 valence electrons. The predicted molar refractivity (Wildman–Crippen MR) is 85.4 cm³/mol. The maximum absolute atomic E-state index is 12.6. The van der Waals surface area contributed by atoms with Gasteiger partial charge in [0, 0.05) is 23.7 Å². The van der Waals surface area contributed by atoms with E-state index < -0.39 is 24.2 Å². The number of hydrogen-bond acceptors (Lipinski definition) is 5. The summed E-state index contributed by atoms with van der Waals surface area (Å²) in [6.07, 6.45) is -1.45. The first-order valence-electron chi connectivity index (χ1n) is 7.96. The molecule has 6 nitrogen and oxygen atoms in total. The Hall–Kier alpha value is -2.55. The summed E-state index contributed by atoms with van der Waals surface area (Å²) in [5.74, 6) is -0.864. The van der Waals surface area contributed by atoms with Crippen LogP contribution in [0.15, 0.2) is 29.2 Å². The second kappa shape index (κ2) is 6.99. The van der Waals surface area contributed by atoms with Crippen LogP contribution >= 0.6 is 0 Å². The van der Waals surface area contributed by atoms with Crippen molar-refractivity contribution in [3.63, 3.8) is 0 Å². The van der Waals surface area contributed by atoms with Gasteiger partial charge in [-0.2, -0.15) is 13.2 Å². The molecule has 0 saturated heterocycles. The molecule has 1 fully saturated rings. The van der Waals surface area contributed by atoms with Gasteiger partial charge in [-0.25, -0.2) is 4.79 Å². The highest BCUT2D eigenvalue weighted by Gasteiger charge is 2.29. The molecule has 2 aromatic rings. The summed E-state index contributed by atoms with van der Waals surface area (Å²) in [6, 6.07) is 4.02. The lowest BCUT2D eigenvalue weighted by atomic mass is 10.1. The zero-order valence-electron chi connectivity index (χ0n) is 13.6. The summed E-state index contributed by atoms with van der Waals surface area (Å²) in [6.45, 7) is -2.03. The van der Waals surface area contributed by atoms with Gasteiger partial charge in [0.2, 0.25) is 5.43 Å². The van der Waals surface area contributed by atoms with E-state index in [4.69, 9.17) is 14.6 Å². The van der Waals surface area contributed by atoms with E-state index in [1.165, 1.54) is 24.4 Å². The fraction of sp³-hybridized carbons (Fsp3) is 0.412. The molecule has 9 heteroatoms. The minimum atomic E-state index is -4.47. The van der Waals surface area contributed by atoms with Crippen LogP contribution in [0.5, 0.6) is 5.75 Å². The van der Waals surface area contributed by atoms with Crippen molar-refractivity contribution in [2.24, 2.45) is 0 Å². The van der Waals surface area contributed by atoms with Gasteiger partial charge in [0.15, 0.2) is 6.61 Å². The Morgan fingerprint density at radius 2 is 2.04 bits per heavy atom. The fourth-order valence-electron chi connectivity index (χ4n) is 2.60. The highest BCUT2D eigenvalue weighted by Crippen LogP contribution is 2.37. The number of hydrogen-bond donors (Lipinski definition) is 1. The van der Waals surface area contributed by atoms with E-state index in [0.29, 0.717) is 5.52 Å². The monoisotopic (exact) mass is 371 g/mol. The van der Waals surface area contributed by atoms with Gasteiger partial charge in [-0.1, -0.05) is 0 Å². The van der Waals surface area contributed by atoms with Crippen LogP contribution < -0.4 is 10.2 Å². The van der Waals surface area contributed by atoms with Crippen LogP contribution in [0, 0.1) is 0 Å². The molecular weight excluding hydrogens is 355 g/mol. The Morgan fingerprint density at radius 3 is 2.65 bits per heavy atom. The van der Waals surface area contributed by atoms with Gasteiger partial charge >= 0.3 is 12.1 Å². The smallest absolute Gasteiger partial charge is 0.422 e. The average Bonchev–Trinajstić information content (AvgIpc) is 3.42. The van der Waals surface area contributed by atoms with Crippen molar-refractivity contribution in [2.45, 2.75) is 25.1 Å². The van der Waals surface area contributed by atoms with Crippen LogP contribution in [-0.4, -0.2) is 41.6 Å². The number of rotatable bonds is 6. The largest absolute Gasteiger partial charge is 0.484 e. The number of pyridine rings is 1. The minimum absolute atomic E-state index is 0.0146. The van der Waals surface area contributed by atoms with Gasteiger partial charge in [0.05, 0.1) is 12.1 Å². The zero-order valence-corrected chi connectivity index (χ0v) is 13.6. The minimum Gasteiger partial charge on any atom is -0.484 e. The molecule has 1 saturated carbocycles. The molecule has 1 heterocycles. The number of aliphatic hydroxyl groups is 1. The number of aromatic nitrogens is 1. The summed E-state index contributed by atoms with van der Waals surface area (Å²) < 4.78 is 48.2. The maximum Gasteiger partial charge on any atom is 0.422 e. The molecule has 1 aromatic carbocycles. The Labute approximate surface area is 145 Å². The number of carbonyl (C=O) groups is 1. The summed E-state index contributed by atoms with van der Waals surface area (Å²) in [5.41, 5.74) is -0.361. The second-order valence-electron chi connectivity index (χ2n) is 5.95. The van der Waals surface area contributed by atoms with Gasteiger partial charge in [-0.3, -0.25) is 4.79 Å². The molecule has 0 amide bonds. The lowest BCUT2D eigenvalue weighted by molar-refractivity contribution is -0.153. The first-order chi connectivity index (χ1) is 12.3. The van der Waals surface area contributed by atoms with E-state index in [1.54, 1.807) is 4.57 Å². The van der Waals surface area contributed by atoms with Crippen molar-refractivity contribution >= 4 is 16.9 Å². The Kier molecular flexibility index (Phi) is 4.90. The molecule has 3 rings (SSSR count). The quantitative estimate of drug-likeness (QED) is 0.789. The second-order valence-corrected chi connectivity index (χ2v) is 5.95. The molecule has 0 bridgehead atoms. The summed E-state index contributed by atoms with van der Waals surface area (Å²) in [7, 11) is 0. The zero-order chi connectivity index (χ0) is 18.9. The third-order valence-corrected chi connectivity index (χ3v) is 3.89. The van der Waals surface area contributed by atoms with Crippen LogP contribution in [0.25, 0.3) is 10.9 Å². The lowest BCUT2D eigenvalue weighted by Gasteiger charge is -2.14. The van der Waals surface area contributed by atoms with Crippen LogP contribution in [0.2, 0.25) is 0 Å². The topological polar surface area (TPSA) is 77.8 Å². The number of benzene rings is 1. The van der Waals surface area contributed by atoms with Crippen LogP contribution in [0.3, 0.4) is 0 Å². The fourth-order valence-corrected chi connectivity index (χ4v) is 2.60. The third kappa shape index (κ3) is 3.98. The SMILES string of the molecule is O=C(OCCO)c1cn(C2CC2)c2cc(OCC(F)(F)F)ccc2c1=O. The van der Waals surface area contributed by atoms with E-state index in [9.17, 15) is 22.8 Å². The number of carbonyl (C=O) groups excluding carboxylic acids is 1. The van der Waals surface area contributed by atoms with Gasteiger partial charge < -0.3 is 19.1 Å². The van der Waals surface area contributed by atoms with Crippen molar-refractivity contribution < 1.29 is 32.5 Å². The molecule has 1 N–H and O–H groups in total.